The van der Waals surface area contributed by atoms with Crippen LogP contribution in [0.1, 0.15) is 15.9 Å². The van der Waals surface area contributed by atoms with Gasteiger partial charge in [-0.2, -0.15) is 11.8 Å². The lowest BCUT2D eigenvalue weighted by molar-refractivity contribution is 0.0803. The lowest BCUT2D eigenvalue weighted by Crippen LogP contribution is -2.28. The van der Waals surface area contributed by atoms with Gasteiger partial charge in [-0.3, -0.25) is 4.79 Å². The summed E-state index contributed by atoms with van der Waals surface area (Å²) in [5.74, 6) is 0.572. The monoisotopic (exact) mass is 241 g/mol. The van der Waals surface area contributed by atoms with Crippen LogP contribution in [0.2, 0.25) is 0 Å². The molecule has 0 spiro atoms. The van der Waals surface area contributed by atoms with E-state index in [2.05, 4.69) is 0 Å². The molecule has 1 aromatic carbocycles. The molecule has 0 aliphatic rings. The van der Waals surface area contributed by atoms with Crippen LogP contribution in [0.5, 0.6) is 0 Å². The maximum absolute atomic E-state index is 13.0. The van der Waals surface area contributed by atoms with Crippen molar-refractivity contribution in [3.05, 3.63) is 35.1 Å². The van der Waals surface area contributed by atoms with Gasteiger partial charge in [0.2, 0.25) is 0 Å². The van der Waals surface area contributed by atoms with Crippen molar-refractivity contribution in [1.82, 2.24) is 4.90 Å². The molecule has 0 aliphatic heterocycles. The molecule has 0 bridgehead atoms. The zero-order chi connectivity index (χ0) is 12.1. The van der Waals surface area contributed by atoms with Gasteiger partial charge in [0.1, 0.15) is 5.82 Å². The summed E-state index contributed by atoms with van der Waals surface area (Å²) in [6.45, 7) is 2.37. The quantitative estimate of drug-likeness (QED) is 0.807. The van der Waals surface area contributed by atoms with E-state index in [0.29, 0.717) is 17.7 Å². The molecule has 0 heterocycles. The number of nitrogens with zero attached hydrogens (tertiary/aromatic N) is 1. The van der Waals surface area contributed by atoms with Crippen LogP contribution in [0.3, 0.4) is 0 Å². The highest BCUT2D eigenvalue weighted by Gasteiger charge is 2.12. The number of rotatable bonds is 4. The number of benzene rings is 1. The Bertz CT molecular complexity index is 381. The molecule has 0 aromatic heterocycles. The Morgan fingerprint density at radius 2 is 2.19 bits per heavy atom. The Kier molecular flexibility index (Phi) is 4.80. The zero-order valence-electron chi connectivity index (χ0n) is 9.79. The average Bonchev–Trinajstić information content (AvgIpc) is 2.28. The fourth-order valence-corrected chi connectivity index (χ4v) is 1.78. The predicted octanol–water partition coefficient (Wildman–Crippen LogP) is 2.57. The van der Waals surface area contributed by atoms with Crippen molar-refractivity contribution in [2.75, 3.05) is 25.6 Å². The summed E-state index contributed by atoms with van der Waals surface area (Å²) < 4.78 is 13.0. The van der Waals surface area contributed by atoms with Crippen LogP contribution in [0, 0.1) is 12.7 Å². The van der Waals surface area contributed by atoms with Crippen molar-refractivity contribution in [3.63, 3.8) is 0 Å². The Balaban J connectivity index is 2.76. The highest BCUT2D eigenvalue weighted by Crippen LogP contribution is 2.11. The molecule has 0 unspecified atom stereocenters. The van der Waals surface area contributed by atoms with Crippen LogP contribution >= 0.6 is 11.8 Å². The van der Waals surface area contributed by atoms with E-state index in [1.54, 1.807) is 36.7 Å². The van der Waals surface area contributed by atoms with Crippen LogP contribution < -0.4 is 0 Å². The Morgan fingerprint density at radius 3 is 2.75 bits per heavy atom. The van der Waals surface area contributed by atoms with E-state index < -0.39 is 0 Å². The molecule has 88 valence electrons. The minimum atomic E-state index is -0.275. The number of aryl methyl sites for hydroxylation is 1. The summed E-state index contributed by atoms with van der Waals surface area (Å²) in [5, 5.41) is 0. The zero-order valence-corrected chi connectivity index (χ0v) is 10.6. The van der Waals surface area contributed by atoms with Crippen molar-refractivity contribution in [2.24, 2.45) is 0 Å². The van der Waals surface area contributed by atoms with Gasteiger partial charge in [-0.15, -0.1) is 0 Å². The highest BCUT2D eigenvalue weighted by atomic mass is 32.2. The Hall–Kier alpha value is -1.03. The van der Waals surface area contributed by atoms with Gasteiger partial charge >= 0.3 is 0 Å². The third-order valence-corrected chi connectivity index (χ3v) is 2.97. The fourth-order valence-electron chi connectivity index (χ4n) is 1.33. The molecule has 1 aromatic rings. The molecular formula is C12H16FNOS. The fraction of sp³-hybridized carbons (Fsp3) is 0.417. The summed E-state index contributed by atoms with van der Waals surface area (Å²) in [6.07, 6.45) is 2.00. The first kappa shape index (κ1) is 13.0. The lowest BCUT2D eigenvalue weighted by atomic mass is 10.1. The first-order valence-corrected chi connectivity index (χ1v) is 6.46. The summed E-state index contributed by atoms with van der Waals surface area (Å²) >= 11 is 1.69. The maximum Gasteiger partial charge on any atom is 0.253 e. The second-order valence-corrected chi connectivity index (χ2v) is 4.67. The first-order chi connectivity index (χ1) is 7.56. The second kappa shape index (κ2) is 5.89. The number of amides is 1. The third-order valence-electron chi connectivity index (χ3n) is 2.38. The number of hydrogen-bond donors (Lipinski definition) is 0. The molecule has 0 N–H and O–H groups in total. The van der Waals surface area contributed by atoms with Crippen LogP contribution in [0.25, 0.3) is 0 Å². The van der Waals surface area contributed by atoms with E-state index in [1.807, 2.05) is 6.26 Å². The Morgan fingerprint density at radius 1 is 1.50 bits per heavy atom. The molecular weight excluding hydrogens is 225 g/mol. The second-order valence-electron chi connectivity index (χ2n) is 3.68. The minimum absolute atomic E-state index is 0.0582. The maximum atomic E-state index is 13.0. The minimum Gasteiger partial charge on any atom is -0.341 e. The van der Waals surface area contributed by atoms with E-state index in [-0.39, 0.29) is 11.7 Å². The molecule has 0 saturated heterocycles. The van der Waals surface area contributed by atoms with E-state index in [4.69, 9.17) is 0 Å². The van der Waals surface area contributed by atoms with Crippen molar-refractivity contribution >= 4 is 17.7 Å². The normalized spacial score (nSPS) is 10.2. The Labute approximate surface area is 99.8 Å². The van der Waals surface area contributed by atoms with E-state index >= 15 is 0 Å². The van der Waals surface area contributed by atoms with Crippen LogP contribution in [-0.4, -0.2) is 36.4 Å². The van der Waals surface area contributed by atoms with Crippen molar-refractivity contribution in [3.8, 4) is 0 Å². The van der Waals surface area contributed by atoms with E-state index in [0.717, 1.165) is 5.75 Å². The number of carbonyl (C=O) groups excluding carboxylic acids is 1. The third kappa shape index (κ3) is 3.23. The van der Waals surface area contributed by atoms with E-state index in [9.17, 15) is 9.18 Å². The van der Waals surface area contributed by atoms with Crippen LogP contribution in [0.4, 0.5) is 4.39 Å². The average molecular weight is 241 g/mol. The predicted molar refractivity (Wildman–Crippen MR) is 66.5 cm³/mol. The lowest BCUT2D eigenvalue weighted by Gasteiger charge is -2.16. The van der Waals surface area contributed by atoms with Gasteiger partial charge in [0.25, 0.3) is 5.91 Å². The van der Waals surface area contributed by atoms with Crippen LogP contribution in [0.15, 0.2) is 18.2 Å². The summed E-state index contributed by atoms with van der Waals surface area (Å²) in [4.78, 5) is 13.6. The van der Waals surface area contributed by atoms with Gasteiger partial charge in [-0.25, -0.2) is 4.39 Å². The molecule has 0 radical (unpaired) electrons. The van der Waals surface area contributed by atoms with Gasteiger partial charge in [0.05, 0.1) is 0 Å². The molecule has 4 heteroatoms. The van der Waals surface area contributed by atoms with Gasteiger partial charge in [-0.05, 0) is 36.9 Å². The topological polar surface area (TPSA) is 20.3 Å². The van der Waals surface area contributed by atoms with Gasteiger partial charge in [0.15, 0.2) is 0 Å². The molecule has 0 atom stereocenters. The molecule has 1 rings (SSSR count). The van der Waals surface area contributed by atoms with E-state index in [1.165, 1.54) is 12.1 Å². The van der Waals surface area contributed by atoms with Crippen molar-refractivity contribution in [1.29, 1.82) is 0 Å². The number of carbonyl (C=O) groups is 1. The highest BCUT2D eigenvalue weighted by molar-refractivity contribution is 7.98. The van der Waals surface area contributed by atoms with Crippen molar-refractivity contribution < 1.29 is 9.18 Å². The molecule has 0 fully saturated rings. The summed E-state index contributed by atoms with van der Waals surface area (Å²) in [6, 6.07) is 4.46. The van der Waals surface area contributed by atoms with Gasteiger partial charge in [0, 0.05) is 24.9 Å². The standard InChI is InChI=1S/C12H16FNOS/c1-9-8-10(4-5-11(9)13)12(15)14(2)6-7-16-3/h4-5,8H,6-7H2,1-3H3. The van der Waals surface area contributed by atoms with Gasteiger partial charge in [-0.1, -0.05) is 0 Å². The molecule has 2 nitrogen and oxygen atoms in total. The molecule has 0 aliphatic carbocycles. The van der Waals surface area contributed by atoms with Crippen LogP contribution in [-0.2, 0) is 0 Å². The largest absolute Gasteiger partial charge is 0.341 e. The molecule has 1 amide bonds. The van der Waals surface area contributed by atoms with Gasteiger partial charge < -0.3 is 4.90 Å². The summed E-state index contributed by atoms with van der Waals surface area (Å²) in [5.41, 5.74) is 1.05. The summed E-state index contributed by atoms with van der Waals surface area (Å²) in [7, 11) is 1.76. The molecule has 0 saturated carbocycles. The smallest absolute Gasteiger partial charge is 0.253 e. The SMILES string of the molecule is CSCCN(C)C(=O)c1ccc(F)c(C)c1. The number of hydrogen-bond acceptors (Lipinski definition) is 2. The molecule has 16 heavy (non-hydrogen) atoms. The number of halogens is 1. The van der Waals surface area contributed by atoms with Crippen molar-refractivity contribution in [2.45, 2.75) is 6.92 Å². The first-order valence-electron chi connectivity index (χ1n) is 5.07. The number of thioether (sulfide) groups is 1.